The van der Waals surface area contributed by atoms with Gasteiger partial charge in [0, 0.05) is 30.1 Å². The molecule has 0 radical (unpaired) electrons. The Balaban J connectivity index is 1.67. The summed E-state index contributed by atoms with van der Waals surface area (Å²) in [7, 11) is -3.97. The molecule has 0 aliphatic rings. The second kappa shape index (κ2) is 10.8. The highest BCUT2D eigenvalue weighted by Crippen LogP contribution is 2.29. The summed E-state index contributed by atoms with van der Waals surface area (Å²) in [6.45, 7) is 1.90. The molecule has 8 nitrogen and oxygen atoms in total. The smallest absolute Gasteiger partial charge is 0.372 e. The van der Waals surface area contributed by atoms with Crippen LogP contribution >= 0.6 is 0 Å². The van der Waals surface area contributed by atoms with Gasteiger partial charge in [-0.15, -0.1) is 0 Å². The van der Waals surface area contributed by atoms with E-state index in [-0.39, 0.29) is 23.7 Å². The van der Waals surface area contributed by atoms with Crippen molar-refractivity contribution < 1.29 is 32.6 Å². The normalized spacial score (nSPS) is 11.9. The molecule has 0 saturated carbocycles. The molecule has 0 fully saturated rings. The predicted octanol–water partition coefficient (Wildman–Crippen LogP) is 4.97. The summed E-state index contributed by atoms with van der Waals surface area (Å²) >= 11 is 0. The van der Waals surface area contributed by atoms with Gasteiger partial charge in [0.2, 0.25) is 15.8 Å². The molecule has 0 atom stereocenters. The standard InChI is InChI=1S/C28H25NO7S/c1-19-24-17-23(12-13-25(24)36-27(19)28(32)33)37(34,35)29(16-15-20-5-3-2-4-6-20)18-22-9-7-21(8-10-22)11-14-26(30)31/h2-14,17H,15-16,18H2,1H3,(H,30,31)(H,32,33)/b14-11+. The molecule has 1 aromatic heterocycles. The average Bonchev–Trinajstić information content (AvgIpc) is 3.22. The van der Waals surface area contributed by atoms with Crippen LogP contribution in [0.25, 0.3) is 17.0 Å². The topological polar surface area (TPSA) is 125 Å². The van der Waals surface area contributed by atoms with Gasteiger partial charge in [-0.2, -0.15) is 4.31 Å². The van der Waals surface area contributed by atoms with Gasteiger partial charge in [-0.1, -0.05) is 54.6 Å². The lowest BCUT2D eigenvalue weighted by Crippen LogP contribution is -2.32. The first-order valence-corrected chi connectivity index (χ1v) is 12.9. The number of aromatic carboxylic acids is 1. The van der Waals surface area contributed by atoms with E-state index in [9.17, 15) is 23.1 Å². The summed E-state index contributed by atoms with van der Waals surface area (Å²) in [4.78, 5) is 22.2. The quantitative estimate of drug-likeness (QED) is 0.283. The summed E-state index contributed by atoms with van der Waals surface area (Å²) in [5.41, 5.74) is 3.07. The van der Waals surface area contributed by atoms with Crippen molar-refractivity contribution in [1.29, 1.82) is 0 Å². The van der Waals surface area contributed by atoms with Crippen molar-refractivity contribution >= 4 is 39.0 Å². The van der Waals surface area contributed by atoms with E-state index >= 15 is 0 Å². The summed E-state index contributed by atoms with van der Waals surface area (Å²) < 4.78 is 34.4. The Morgan fingerprint density at radius 1 is 0.946 bits per heavy atom. The first-order chi connectivity index (χ1) is 17.6. The van der Waals surface area contributed by atoms with Crippen LogP contribution in [-0.4, -0.2) is 41.4 Å². The lowest BCUT2D eigenvalue weighted by atomic mass is 10.1. The number of nitrogens with zero attached hydrogens (tertiary/aromatic N) is 1. The van der Waals surface area contributed by atoms with Crippen LogP contribution in [0.4, 0.5) is 0 Å². The van der Waals surface area contributed by atoms with E-state index in [1.54, 1.807) is 31.2 Å². The number of carbonyl (C=O) groups is 2. The molecule has 190 valence electrons. The molecule has 4 rings (SSSR count). The van der Waals surface area contributed by atoms with Crippen molar-refractivity contribution in [2.75, 3.05) is 6.54 Å². The number of hydrogen-bond acceptors (Lipinski definition) is 5. The Bertz CT molecular complexity index is 1570. The van der Waals surface area contributed by atoms with Crippen LogP contribution in [0.2, 0.25) is 0 Å². The van der Waals surface area contributed by atoms with Crippen molar-refractivity contribution in [3.8, 4) is 0 Å². The maximum Gasteiger partial charge on any atom is 0.372 e. The second-order valence-corrected chi connectivity index (χ2v) is 10.4. The minimum Gasteiger partial charge on any atom is -0.478 e. The van der Waals surface area contributed by atoms with Crippen LogP contribution in [0, 0.1) is 6.92 Å². The molecule has 0 spiro atoms. The molecule has 0 aliphatic carbocycles. The fourth-order valence-corrected chi connectivity index (χ4v) is 5.46. The molecule has 0 bridgehead atoms. The molecule has 2 N–H and O–H groups in total. The number of sulfonamides is 1. The lowest BCUT2D eigenvalue weighted by Gasteiger charge is -2.23. The van der Waals surface area contributed by atoms with Gasteiger partial charge in [0.1, 0.15) is 5.58 Å². The van der Waals surface area contributed by atoms with Crippen LogP contribution < -0.4 is 0 Å². The molecule has 1 heterocycles. The zero-order valence-electron chi connectivity index (χ0n) is 20.0. The molecule has 9 heteroatoms. The summed E-state index contributed by atoms with van der Waals surface area (Å²) in [6, 6.07) is 20.9. The minimum atomic E-state index is -3.97. The van der Waals surface area contributed by atoms with E-state index in [1.807, 2.05) is 30.3 Å². The van der Waals surface area contributed by atoms with Crippen molar-refractivity contribution in [3.63, 3.8) is 0 Å². The summed E-state index contributed by atoms with van der Waals surface area (Å²) in [5, 5.41) is 18.6. The number of benzene rings is 3. The highest BCUT2D eigenvalue weighted by Gasteiger charge is 2.26. The third kappa shape index (κ3) is 5.96. The van der Waals surface area contributed by atoms with E-state index in [1.165, 1.54) is 28.6 Å². The molecule has 0 unspecified atom stereocenters. The van der Waals surface area contributed by atoms with E-state index in [0.717, 1.165) is 17.2 Å². The molecule has 3 aromatic carbocycles. The maximum absolute atomic E-state index is 13.8. The van der Waals surface area contributed by atoms with Crippen LogP contribution in [-0.2, 0) is 27.8 Å². The Hall–Kier alpha value is -4.21. The highest BCUT2D eigenvalue weighted by atomic mass is 32.2. The number of rotatable bonds is 10. The molecular weight excluding hydrogens is 494 g/mol. The molecule has 4 aromatic rings. The van der Waals surface area contributed by atoms with Crippen molar-refractivity contribution in [2.45, 2.75) is 24.8 Å². The van der Waals surface area contributed by atoms with Gasteiger partial charge in [0.15, 0.2) is 0 Å². The largest absolute Gasteiger partial charge is 0.478 e. The van der Waals surface area contributed by atoms with E-state index < -0.39 is 22.0 Å². The van der Waals surface area contributed by atoms with Gasteiger partial charge < -0.3 is 14.6 Å². The van der Waals surface area contributed by atoms with Gasteiger partial charge in [-0.05, 0) is 54.3 Å². The lowest BCUT2D eigenvalue weighted by molar-refractivity contribution is -0.131. The molecule has 37 heavy (non-hydrogen) atoms. The zero-order chi connectivity index (χ0) is 26.6. The van der Waals surface area contributed by atoms with Gasteiger partial charge in [0.05, 0.1) is 4.90 Å². The van der Waals surface area contributed by atoms with Crippen LogP contribution in [0.5, 0.6) is 0 Å². The minimum absolute atomic E-state index is 0.0370. The number of carboxylic acids is 2. The summed E-state index contributed by atoms with van der Waals surface area (Å²) in [5.74, 6) is -2.49. The summed E-state index contributed by atoms with van der Waals surface area (Å²) in [6.07, 6.45) is 2.99. The molecule has 0 aliphatic heterocycles. The average molecular weight is 520 g/mol. The number of carboxylic acid groups (broad SMARTS) is 2. The number of furan rings is 1. The Kier molecular flexibility index (Phi) is 7.56. The van der Waals surface area contributed by atoms with Gasteiger partial charge >= 0.3 is 11.9 Å². The Labute approximate surface area is 214 Å². The fourth-order valence-electron chi connectivity index (χ4n) is 4.00. The number of hydrogen-bond donors (Lipinski definition) is 2. The Morgan fingerprint density at radius 2 is 1.65 bits per heavy atom. The molecule has 0 saturated heterocycles. The van der Waals surface area contributed by atoms with Gasteiger partial charge in [0.25, 0.3) is 0 Å². The van der Waals surface area contributed by atoms with Crippen molar-refractivity contribution in [1.82, 2.24) is 4.31 Å². The predicted molar refractivity (Wildman–Crippen MR) is 139 cm³/mol. The van der Waals surface area contributed by atoms with Crippen molar-refractivity contribution in [3.05, 3.63) is 107 Å². The first kappa shape index (κ1) is 25.9. The van der Waals surface area contributed by atoms with E-state index in [4.69, 9.17) is 9.52 Å². The zero-order valence-corrected chi connectivity index (χ0v) is 20.8. The van der Waals surface area contributed by atoms with Crippen LogP contribution in [0.3, 0.4) is 0 Å². The molecular formula is C28H25NO7S. The fraction of sp³-hybridized carbons (Fsp3) is 0.143. The SMILES string of the molecule is Cc1c(C(=O)O)oc2ccc(S(=O)(=O)N(CCc3ccccc3)Cc3ccc(/C=C/C(=O)O)cc3)cc12. The monoisotopic (exact) mass is 519 g/mol. The van der Waals surface area contributed by atoms with Gasteiger partial charge in [-0.25, -0.2) is 18.0 Å². The molecule has 0 amide bonds. The van der Waals surface area contributed by atoms with E-state index in [2.05, 4.69) is 0 Å². The number of aryl methyl sites for hydroxylation is 1. The Morgan fingerprint density at radius 3 is 2.30 bits per heavy atom. The maximum atomic E-state index is 13.8. The second-order valence-electron chi connectivity index (χ2n) is 8.51. The third-order valence-electron chi connectivity index (χ3n) is 5.99. The number of aliphatic carboxylic acids is 1. The van der Waals surface area contributed by atoms with Gasteiger partial charge in [-0.3, -0.25) is 0 Å². The van der Waals surface area contributed by atoms with Crippen LogP contribution in [0.1, 0.15) is 32.8 Å². The van der Waals surface area contributed by atoms with E-state index in [0.29, 0.717) is 28.5 Å². The first-order valence-electron chi connectivity index (χ1n) is 11.5. The van der Waals surface area contributed by atoms with Crippen molar-refractivity contribution in [2.24, 2.45) is 0 Å². The van der Waals surface area contributed by atoms with Crippen LogP contribution in [0.15, 0.2) is 88.2 Å². The number of fused-ring (bicyclic) bond motifs is 1. The third-order valence-corrected chi connectivity index (χ3v) is 7.83. The highest BCUT2D eigenvalue weighted by molar-refractivity contribution is 7.89.